The molecule has 0 saturated heterocycles. The van der Waals surface area contributed by atoms with Crippen LogP contribution in [0.3, 0.4) is 0 Å². The summed E-state index contributed by atoms with van der Waals surface area (Å²) < 4.78 is 5.50. The Balaban J connectivity index is 1.77. The van der Waals surface area contributed by atoms with E-state index in [0.717, 1.165) is 17.7 Å². The number of hydrogen-bond acceptors (Lipinski definition) is 3. The Morgan fingerprint density at radius 3 is 2.52 bits per heavy atom. The summed E-state index contributed by atoms with van der Waals surface area (Å²) in [4.78, 5) is 11.8. The van der Waals surface area contributed by atoms with Crippen molar-refractivity contribution in [2.24, 2.45) is 0 Å². The molecule has 0 aliphatic carbocycles. The van der Waals surface area contributed by atoms with E-state index >= 15 is 0 Å². The predicted octanol–water partition coefficient (Wildman–Crippen LogP) is 2.10. The van der Waals surface area contributed by atoms with E-state index < -0.39 is 0 Å². The first-order valence-electron chi connectivity index (χ1n) is 6.95. The Hall–Kier alpha value is -2.33. The van der Waals surface area contributed by atoms with Crippen molar-refractivity contribution in [3.63, 3.8) is 0 Å². The van der Waals surface area contributed by atoms with Crippen molar-refractivity contribution in [1.29, 1.82) is 0 Å². The minimum Gasteiger partial charge on any atom is -0.484 e. The quantitative estimate of drug-likeness (QED) is 0.818. The summed E-state index contributed by atoms with van der Waals surface area (Å²) in [7, 11) is 1.89. The third-order valence-electron chi connectivity index (χ3n) is 2.98. The SMILES string of the molecule is CNCc1cccc(OCC(=O)NCc2ccccc2)c1. The monoisotopic (exact) mass is 284 g/mol. The minimum absolute atomic E-state index is 0.0237. The van der Waals surface area contributed by atoms with Gasteiger partial charge in [-0.1, -0.05) is 42.5 Å². The lowest BCUT2D eigenvalue weighted by molar-refractivity contribution is -0.123. The van der Waals surface area contributed by atoms with E-state index in [2.05, 4.69) is 10.6 Å². The van der Waals surface area contributed by atoms with Crippen LogP contribution < -0.4 is 15.4 Å². The van der Waals surface area contributed by atoms with E-state index in [-0.39, 0.29) is 12.5 Å². The zero-order valence-electron chi connectivity index (χ0n) is 12.1. The molecule has 0 aromatic heterocycles. The summed E-state index contributed by atoms with van der Waals surface area (Å²) in [5.74, 6) is 0.579. The third kappa shape index (κ3) is 5.28. The number of nitrogens with one attached hydrogen (secondary N) is 2. The minimum atomic E-state index is -0.127. The zero-order valence-corrected chi connectivity index (χ0v) is 12.1. The molecule has 2 aromatic carbocycles. The topological polar surface area (TPSA) is 50.4 Å². The molecule has 0 spiro atoms. The summed E-state index contributed by atoms with van der Waals surface area (Å²) in [6, 6.07) is 17.5. The first-order valence-corrected chi connectivity index (χ1v) is 6.95. The van der Waals surface area contributed by atoms with Gasteiger partial charge in [0.1, 0.15) is 5.75 Å². The molecular weight excluding hydrogens is 264 g/mol. The van der Waals surface area contributed by atoms with Gasteiger partial charge in [-0.25, -0.2) is 0 Å². The second kappa shape index (κ2) is 8.07. The van der Waals surface area contributed by atoms with E-state index in [9.17, 15) is 4.79 Å². The molecule has 110 valence electrons. The average Bonchev–Trinajstić information content (AvgIpc) is 2.53. The van der Waals surface area contributed by atoms with Gasteiger partial charge in [0, 0.05) is 13.1 Å². The van der Waals surface area contributed by atoms with Crippen molar-refractivity contribution < 1.29 is 9.53 Å². The second-order valence-corrected chi connectivity index (χ2v) is 4.73. The highest BCUT2D eigenvalue weighted by Gasteiger charge is 2.03. The molecule has 0 unspecified atom stereocenters. The number of ether oxygens (including phenoxy) is 1. The van der Waals surface area contributed by atoms with Crippen molar-refractivity contribution in [2.75, 3.05) is 13.7 Å². The Kier molecular flexibility index (Phi) is 5.79. The molecule has 0 atom stereocenters. The summed E-state index contributed by atoms with van der Waals surface area (Å²) in [6.45, 7) is 1.32. The molecule has 0 radical (unpaired) electrons. The van der Waals surface area contributed by atoms with Crippen LogP contribution in [-0.4, -0.2) is 19.6 Å². The molecule has 0 saturated carbocycles. The highest BCUT2D eigenvalue weighted by atomic mass is 16.5. The van der Waals surface area contributed by atoms with Crippen molar-refractivity contribution in [3.8, 4) is 5.75 Å². The van der Waals surface area contributed by atoms with E-state index in [0.29, 0.717) is 12.3 Å². The van der Waals surface area contributed by atoms with Crippen LogP contribution in [0.25, 0.3) is 0 Å². The first kappa shape index (κ1) is 15.1. The number of hydrogen-bond donors (Lipinski definition) is 2. The highest BCUT2D eigenvalue weighted by molar-refractivity contribution is 5.77. The smallest absolute Gasteiger partial charge is 0.258 e. The summed E-state index contributed by atoms with van der Waals surface area (Å²) in [5.41, 5.74) is 2.20. The summed E-state index contributed by atoms with van der Waals surface area (Å²) in [5, 5.41) is 5.91. The number of benzene rings is 2. The van der Waals surface area contributed by atoms with Gasteiger partial charge in [-0.2, -0.15) is 0 Å². The van der Waals surface area contributed by atoms with E-state index in [1.807, 2.05) is 61.6 Å². The molecule has 0 aliphatic rings. The molecular formula is C17H20N2O2. The Morgan fingerprint density at radius 1 is 1.00 bits per heavy atom. The van der Waals surface area contributed by atoms with Crippen LogP contribution in [0.4, 0.5) is 0 Å². The van der Waals surface area contributed by atoms with Gasteiger partial charge in [0.25, 0.3) is 5.91 Å². The molecule has 2 rings (SSSR count). The Labute approximate surface area is 125 Å². The maximum absolute atomic E-state index is 11.8. The zero-order chi connectivity index (χ0) is 14.9. The van der Waals surface area contributed by atoms with E-state index in [1.54, 1.807) is 0 Å². The fraction of sp³-hybridized carbons (Fsp3) is 0.235. The molecule has 0 fully saturated rings. The number of carbonyl (C=O) groups is 1. The van der Waals surface area contributed by atoms with Gasteiger partial charge in [-0.3, -0.25) is 4.79 Å². The van der Waals surface area contributed by atoms with Crippen LogP contribution >= 0.6 is 0 Å². The fourth-order valence-electron chi connectivity index (χ4n) is 1.95. The Morgan fingerprint density at radius 2 is 1.76 bits per heavy atom. The van der Waals surface area contributed by atoms with Crippen LogP contribution in [0.1, 0.15) is 11.1 Å². The lowest BCUT2D eigenvalue weighted by Gasteiger charge is -2.09. The van der Waals surface area contributed by atoms with Gasteiger partial charge in [0.15, 0.2) is 6.61 Å². The molecule has 21 heavy (non-hydrogen) atoms. The predicted molar refractivity (Wildman–Crippen MR) is 83.0 cm³/mol. The van der Waals surface area contributed by atoms with Gasteiger partial charge in [0.2, 0.25) is 0 Å². The number of carbonyl (C=O) groups excluding carboxylic acids is 1. The molecule has 4 heteroatoms. The number of rotatable bonds is 7. The molecule has 4 nitrogen and oxygen atoms in total. The van der Waals surface area contributed by atoms with Gasteiger partial charge >= 0.3 is 0 Å². The lowest BCUT2D eigenvalue weighted by Crippen LogP contribution is -2.28. The van der Waals surface area contributed by atoms with E-state index in [1.165, 1.54) is 0 Å². The Bertz CT molecular complexity index is 570. The molecule has 0 aliphatic heterocycles. The van der Waals surface area contributed by atoms with Gasteiger partial charge < -0.3 is 15.4 Å². The normalized spacial score (nSPS) is 10.1. The van der Waals surface area contributed by atoms with Crippen molar-refractivity contribution in [3.05, 3.63) is 65.7 Å². The maximum atomic E-state index is 11.8. The third-order valence-corrected chi connectivity index (χ3v) is 2.98. The van der Waals surface area contributed by atoms with Gasteiger partial charge in [-0.15, -0.1) is 0 Å². The maximum Gasteiger partial charge on any atom is 0.258 e. The van der Waals surface area contributed by atoms with Gasteiger partial charge in [0.05, 0.1) is 0 Å². The van der Waals surface area contributed by atoms with E-state index in [4.69, 9.17) is 4.74 Å². The van der Waals surface area contributed by atoms with Crippen LogP contribution in [-0.2, 0) is 17.9 Å². The molecule has 2 aromatic rings. The standard InChI is InChI=1S/C17H20N2O2/c1-18-11-15-8-5-9-16(10-15)21-13-17(20)19-12-14-6-3-2-4-7-14/h2-10,18H,11-13H2,1H3,(H,19,20). The highest BCUT2D eigenvalue weighted by Crippen LogP contribution is 2.12. The fourth-order valence-corrected chi connectivity index (χ4v) is 1.95. The molecule has 1 amide bonds. The second-order valence-electron chi connectivity index (χ2n) is 4.73. The van der Waals surface area contributed by atoms with Crippen molar-refractivity contribution >= 4 is 5.91 Å². The van der Waals surface area contributed by atoms with Gasteiger partial charge in [-0.05, 0) is 30.3 Å². The summed E-state index contributed by atoms with van der Waals surface area (Å²) in [6.07, 6.45) is 0. The average molecular weight is 284 g/mol. The lowest BCUT2D eigenvalue weighted by atomic mass is 10.2. The summed E-state index contributed by atoms with van der Waals surface area (Å²) >= 11 is 0. The van der Waals surface area contributed by atoms with Crippen LogP contribution in [0.15, 0.2) is 54.6 Å². The molecule has 2 N–H and O–H groups in total. The largest absolute Gasteiger partial charge is 0.484 e. The number of amides is 1. The van der Waals surface area contributed by atoms with Crippen LogP contribution in [0.2, 0.25) is 0 Å². The first-order chi connectivity index (χ1) is 10.3. The molecule has 0 bridgehead atoms. The van der Waals surface area contributed by atoms with Crippen molar-refractivity contribution in [2.45, 2.75) is 13.1 Å². The molecule has 0 heterocycles. The van der Waals surface area contributed by atoms with Crippen LogP contribution in [0.5, 0.6) is 5.75 Å². The van der Waals surface area contributed by atoms with Crippen LogP contribution in [0, 0.1) is 0 Å². The van der Waals surface area contributed by atoms with Crippen molar-refractivity contribution in [1.82, 2.24) is 10.6 Å².